The molecule has 0 aliphatic carbocycles. The highest BCUT2D eigenvalue weighted by Crippen LogP contribution is 2.10. The van der Waals surface area contributed by atoms with Crippen LogP contribution in [0.25, 0.3) is 0 Å². The molecular formula is C13H28N2O2. The summed E-state index contributed by atoms with van der Waals surface area (Å²) in [6.45, 7) is 9.14. The number of hydrogen-bond acceptors (Lipinski definition) is 4. The molecule has 0 aromatic carbocycles. The van der Waals surface area contributed by atoms with Crippen molar-refractivity contribution in [2.45, 2.75) is 32.2 Å². The van der Waals surface area contributed by atoms with Crippen LogP contribution in [0.3, 0.4) is 0 Å². The molecule has 0 amide bonds. The Balaban J connectivity index is 2.05. The van der Waals surface area contributed by atoms with Gasteiger partial charge < -0.3 is 14.8 Å². The molecule has 1 fully saturated rings. The van der Waals surface area contributed by atoms with Gasteiger partial charge >= 0.3 is 0 Å². The second-order valence-electron chi connectivity index (χ2n) is 4.59. The van der Waals surface area contributed by atoms with Crippen molar-refractivity contribution in [1.82, 2.24) is 10.2 Å². The van der Waals surface area contributed by atoms with Gasteiger partial charge in [0.1, 0.15) is 0 Å². The van der Waals surface area contributed by atoms with E-state index < -0.39 is 0 Å². The summed E-state index contributed by atoms with van der Waals surface area (Å²) in [4.78, 5) is 2.58. The Hall–Kier alpha value is -0.160. The van der Waals surface area contributed by atoms with Crippen molar-refractivity contribution < 1.29 is 9.47 Å². The van der Waals surface area contributed by atoms with Crippen LogP contribution in [0.1, 0.15) is 26.2 Å². The van der Waals surface area contributed by atoms with E-state index in [1.165, 1.54) is 19.4 Å². The van der Waals surface area contributed by atoms with Crippen molar-refractivity contribution in [3.05, 3.63) is 0 Å². The van der Waals surface area contributed by atoms with Crippen LogP contribution in [-0.2, 0) is 9.47 Å². The molecule has 0 aromatic rings. The second-order valence-corrected chi connectivity index (χ2v) is 4.59. The van der Waals surface area contributed by atoms with Crippen LogP contribution in [0.4, 0.5) is 0 Å². The van der Waals surface area contributed by atoms with Crippen molar-refractivity contribution >= 4 is 0 Å². The first kappa shape index (κ1) is 14.9. The molecule has 1 aliphatic rings. The Morgan fingerprint density at radius 3 is 2.82 bits per heavy atom. The Kier molecular flexibility index (Phi) is 8.61. The number of piperidine rings is 1. The first-order chi connectivity index (χ1) is 8.38. The van der Waals surface area contributed by atoms with Gasteiger partial charge in [-0.1, -0.05) is 6.92 Å². The molecule has 0 radical (unpaired) electrons. The van der Waals surface area contributed by atoms with E-state index >= 15 is 0 Å². The fraction of sp³-hybridized carbons (Fsp3) is 1.00. The number of ether oxygens (including phenoxy) is 2. The molecule has 17 heavy (non-hydrogen) atoms. The zero-order chi connectivity index (χ0) is 12.3. The second kappa shape index (κ2) is 9.83. The number of methoxy groups -OCH3 is 1. The fourth-order valence-electron chi connectivity index (χ4n) is 2.36. The van der Waals surface area contributed by atoms with Gasteiger partial charge in [0.25, 0.3) is 0 Å². The van der Waals surface area contributed by atoms with E-state index in [1.54, 1.807) is 7.11 Å². The summed E-state index contributed by atoms with van der Waals surface area (Å²) in [6.07, 6.45) is 3.77. The molecule has 0 spiro atoms. The summed E-state index contributed by atoms with van der Waals surface area (Å²) in [5, 5.41) is 3.48. The predicted octanol–water partition coefficient (Wildman–Crippen LogP) is 1.11. The first-order valence-electron chi connectivity index (χ1n) is 6.90. The third-order valence-corrected chi connectivity index (χ3v) is 3.36. The van der Waals surface area contributed by atoms with Crippen LogP contribution < -0.4 is 5.32 Å². The molecule has 1 N–H and O–H groups in total. The zero-order valence-corrected chi connectivity index (χ0v) is 11.4. The lowest BCUT2D eigenvalue weighted by atomic mass is 10.1. The zero-order valence-electron chi connectivity index (χ0n) is 11.4. The SMILES string of the molecule is CCN(CCCOCCOC)C1CCCNC1. The quantitative estimate of drug-likeness (QED) is 0.616. The molecule has 0 aromatic heterocycles. The van der Waals surface area contributed by atoms with E-state index in [9.17, 15) is 0 Å². The maximum Gasteiger partial charge on any atom is 0.0700 e. The molecule has 1 rings (SSSR count). The molecule has 102 valence electrons. The van der Waals surface area contributed by atoms with Crippen molar-refractivity contribution in [3.63, 3.8) is 0 Å². The Morgan fingerprint density at radius 2 is 2.18 bits per heavy atom. The highest BCUT2D eigenvalue weighted by molar-refractivity contribution is 4.77. The molecule has 1 unspecified atom stereocenters. The highest BCUT2D eigenvalue weighted by Gasteiger charge is 2.18. The van der Waals surface area contributed by atoms with E-state index in [0.717, 1.165) is 38.7 Å². The number of rotatable bonds is 9. The summed E-state index contributed by atoms with van der Waals surface area (Å²) in [6, 6.07) is 0.729. The summed E-state index contributed by atoms with van der Waals surface area (Å²) in [5.41, 5.74) is 0. The smallest absolute Gasteiger partial charge is 0.0700 e. The lowest BCUT2D eigenvalue weighted by Gasteiger charge is -2.33. The largest absolute Gasteiger partial charge is 0.382 e. The van der Waals surface area contributed by atoms with Crippen molar-refractivity contribution in [3.8, 4) is 0 Å². The van der Waals surface area contributed by atoms with Gasteiger partial charge in [-0.25, -0.2) is 0 Å². The van der Waals surface area contributed by atoms with E-state index in [2.05, 4.69) is 17.1 Å². The third kappa shape index (κ3) is 6.36. The van der Waals surface area contributed by atoms with Gasteiger partial charge in [0, 0.05) is 32.8 Å². The summed E-state index contributed by atoms with van der Waals surface area (Å²) >= 11 is 0. The summed E-state index contributed by atoms with van der Waals surface area (Å²) < 4.78 is 10.4. The number of nitrogens with one attached hydrogen (secondary N) is 1. The van der Waals surface area contributed by atoms with Crippen LogP contribution in [0, 0.1) is 0 Å². The monoisotopic (exact) mass is 244 g/mol. The summed E-state index contributed by atoms with van der Waals surface area (Å²) in [7, 11) is 1.71. The van der Waals surface area contributed by atoms with Gasteiger partial charge in [0.15, 0.2) is 0 Å². The number of hydrogen-bond donors (Lipinski definition) is 1. The molecular weight excluding hydrogens is 216 g/mol. The number of nitrogens with zero attached hydrogens (tertiary/aromatic N) is 1. The normalized spacial score (nSPS) is 21.0. The molecule has 4 heteroatoms. The van der Waals surface area contributed by atoms with E-state index in [-0.39, 0.29) is 0 Å². The Morgan fingerprint density at radius 1 is 1.29 bits per heavy atom. The summed E-state index contributed by atoms with van der Waals surface area (Å²) in [5.74, 6) is 0. The molecule has 1 saturated heterocycles. The minimum absolute atomic E-state index is 0.698. The molecule has 4 nitrogen and oxygen atoms in total. The maximum absolute atomic E-state index is 5.49. The van der Waals surface area contributed by atoms with E-state index in [0.29, 0.717) is 13.2 Å². The topological polar surface area (TPSA) is 33.7 Å². The van der Waals surface area contributed by atoms with Gasteiger partial charge in [-0.3, -0.25) is 4.90 Å². The minimum atomic E-state index is 0.698. The average molecular weight is 244 g/mol. The predicted molar refractivity (Wildman–Crippen MR) is 70.5 cm³/mol. The van der Waals surface area contributed by atoms with Gasteiger partial charge in [0.05, 0.1) is 13.2 Å². The van der Waals surface area contributed by atoms with E-state index in [1.807, 2.05) is 0 Å². The minimum Gasteiger partial charge on any atom is -0.382 e. The lowest BCUT2D eigenvalue weighted by molar-refractivity contribution is 0.0618. The van der Waals surface area contributed by atoms with Crippen molar-refractivity contribution in [2.24, 2.45) is 0 Å². The Bertz CT molecular complexity index is 173. The molecule has 1 aliphatic heterocycles. The fourth-order valence-corrected chi connectivity index (χ4v) is 2.36. The number of likely N-dealkylation sites (N-methyl/N-ethyl adjacent to an activating group) is 1. The van der Waals surface area contributed by atoms with Gasteiger partial charge in [0.2, 0.25) is 0 Å². The van der Waals surface area contributed by atoms with Crippen molar-refractivity contribution in [1.29, 1.82) is 0 Å². The molecule has 1 atom stereocenters. The standard InChI is InChI=1S/C13H28N2O2/c1-3-15(13-6-4-7-14-12-13)8-5-9-17-11-10-16-2/h13-14H,3-12H2,1-2H3. The third-order valence-electron chi connectivity index (χ3n) is 3.36. The lowest BCUT2D eigenvalue weighted by Crippen LogP contribution is -2.46. The van der Waals surface area contributed by atoms with Crippen LogP contribution in [0.2, 0.25) is 0 Å². The van der Waals surface area contributed by atoms with Gasteiger partial charge in [-0.15, -0.1) is 0 Å². The van der Waals surface area contributed by atoms with Crippen LogP contribution in [0.15, 0.2) is 0 Å². The van der Waals surface area contributed by atoms with Crippen LogP contribution in [-0.4, -0.2) is 64.1 Å². The molecule has 0 saturated carbocycles. The highest BCUT2D eigenvalue weighted by atomic mass is 16.5. The molecule has 1 heterocycles. The van der Waals surface area contributed by atoms with Crippen molar-refractivity contribution in [2.75, 3.05) is 53.1 Å². The van der Waals surface area contributed by atoms with E-state index in [4.69, 9.17) is 9.47 Å². The maximum atomic E-state index is 5.49. The van der Waals surface area contributed by atoms with Gasteiger partial charge in [-0.2, -0.15) is 0 Å². The molecule has 0 bridgehead atoms. The van der Waals surface area contributed by atoms with Gasteiger partial charge in [-0.05, 0) is 32.4 Å². The first-order valence-corrected chi connectivity index (χ1v) is 6.90. The van der Waals surface area contributed by atoms with Crippen LogP contribution >= 0.6 is 0 Å². The average Bonchev–Trinajstić information content (AvgIpc) is 2.39. The van der Waals surface area contributed by atoms with Crippen LogP contribution in [0.5, 0.6) is 0 Å². The Labute approximate surface area is 106 Å².